The molecular weight excluding hydrogens is 282 g/mol. The summed E-state index contributed by atoms with van der Waals surface area (Å²) >= 11 is 0. The lowest BCUT2D eigenvalue weighted by Gasteiger charge is -2.60. The lowest BCUT2D eigenvalue weighted by molar-refractivity contribution is -0.224. The minimum absolute atomic E-state index is 0.133. The van der Waals surface area contributed by atoms with Crippen LogP contribution in [-0.4, -0.2) is 23.3 Å². The van der Waals surface area contributed by atoms with E-state index in [9.17, 15) is 9.59 Å². The monoisotopic (exact) mass is 309 g/mol. The summed E-state index contributed by atoms with van der Waals surface area (Å²) < 4.78 is 11.6. The van der Waals surface area contributed by atoms with E-state index in [2.05, 4.69) is 0 Å². The first-order valence-electron chi connectivity index (χ1n) is 8.39. The molecule has 0 aromatic carbocycles. The molecule has 2 N–H and O–H groups in total. The van der Waals surface area contributed by atoms with Gasteiger partial charge in [0.1, 0.15) is 11.2 Å². The van der Waals surface area contributed by atoms with Crippen molar-refractivity contribution in [3.8, 4) is 0 Å². The zero-order valence-corrected chi connectivity index (χ0v) is 13.8. The Morgan fingerprint density at radius 1 is 1.09 bits per heavy atom. The van der Waals surface area contributed by atoms with Gasteiger partial charge in [0.15, 0.2) is 0 Å². The van der Waals surface area contributed by atoms with Crippen molar-refractivity contribution in [1.29, 1.82) is 0 Å². The summed E-state index contributed by atoms with van der Waals surface area (Å²) in [5.74, 6) is 0.808. The highest BCUT2D eigenvalue weighted by Crippen LogP contribution is 2.60. The molecule has 4 bridgehead atoms. The number of primary amides is 1. The van der Waals surface area contributed by atoms with Crippen molar-refractivity contribution in [3.63, 3.8) is 0 Å². The highest BCUT2D eigenvalue weighted by Gasteiger charge is 2.61. The molecule has 5 nitrogen and oxygen atoms in total. The smallest absolute Gasteiger partial charge is 0.405 e. The van der Waals surface area contributed by atoms with Crippen molar-refractivity contribution in [1.82, 2.24) is 0 Å². The maximum absolute atomic E-state index is 12.6. The summed E-state index contributed by atoms with van der Waals surface area (Å²) in [7, 11) is 0. The average molecular weight is 309 g/mol. The van der Waals surface area contributed by atoms with Crippen LogP contribution in [0.1, 0.15) is 65.7 Å². The average Bonchev–Trinajstić information content (AvgIpc) is 2.34. The third-order valence-electron chi connectivity index (χ3n) is 6.02. The van der Waals surface area contributed by atoms with Crippen LogP contribution in [0.15, 0.2) is 0 Å². The molecule has 0 aromatic heterocycles. The van der Waals surface area contributed by atoms with Gasteiger partial charge in [0.25, 0.3) is 0 Å². The number of carbonyl (C=O) groups is 2. The van der Waals surface area contributed by atoms with Gasteiger partial charge in [-0.3, -0.25) is 4.79 Å². The van der Waals surface area contributed by atoms with E-state index in [1.165, 1.54) is 0 Å². The Kier molecular flexibility index (Phi) is 3.46. The van der Waals surface area contributed by atoms with E-state index in [1.807, 2.05) is 20.8 Å². The van der Waals surface area contributed by atoms with E-state index in [-0.39, 0.29) is 5.97 Å². The number of ether oxygens (including phenoxy) is 2. The summed E-state index contributed by atoms with van der Waals surface area (Å²) in [5, 5.41) is 0. The van der Waals surface area contributed by atoms with Gasteiger partial charge in [-0.1, -0.05) is 6.92 Å². The van der Waals surface area contributed by atoms with E-state index >= 15 is 0 Å². The van der Waals surface area contributed by atoms with Crippen molar-refractivity contribution < 1.29 is 19.1 Å². The summed E-state index contributed by atoms with van der Waals surface area (Å²) in [6.45, 7) is 5.84. The second-order valence-electron chi connectivity index (χ2n) is 8.38. The lowest BCUT2D eigenvalue weighted by atomic mass is 9.52. The molecule has 22 heavy (non-hydrogen) atoms. The third-order valence-corrected chi connectivity index (χ3v) is 6.02. The Balaban J connectivity index is 1.82. The molecule has 124 valence electrons. The van der Waals surface area contributed by atoms with E-state index in [4.69, 9.17) is 15.2 Å². The number of carbonyl (C=O) groups excluding carboxylic acids is 2. The fraction of sp³-hybridized carbons (Fsp3) is 0.882. The molecule has 4 rings (SSSR count). The fourth-order valence-electron chi connectivity index (χ4n) is 5.03. The zero-order valence-electron chi connectivity index (χ0n) is 13.8. The van der Waals surface area contributed by atoms with Gasteiger partial charge in [0.2, 0.25) is 0 Å². The van der Waals surface area contributed by atoms with Crippen LogP contribution in [0.2, 0.25) is 0 Å². The van der Waals surface area contributed by atoms with Gasteiger partial charge in [0.05, 0.1) is 5.41 Å². The van der Waals surface area contributed by atoms with E-state index < -0.39 is 22.7 Å². The number of nitrogens with two attached hydrogens (primary N) is 1. The summed E-state index contributed by atoms with van der Waals surface area (Å²) in [5.41, 5.74) is 3.85. The van der Waals surface area contributed by atoms with Crippen LogP contribution >= 0.6 is 0 Å². The Labute approximate surface area is 131 Å². The Bertz CT molecular complexity index is 485. The van der Waals surface area contributed by atoms with Gasteiger partial charge in [0, 0.05) is 6.42 Å². The predicted molar refractivity (Wildman–Crippen MR) is 81.0 cm³/mol. The summed E-state index contributed by atoms with van der Waals surface area (Å²) in [6.07, 6.45) is 5.33. The summed E-state index contributed by atoms with van der Waals surface area (Å²) in [6, 6.07) is 0. The first-order valence-corrected chi connectivity index (χ1v) is 8.39. The van der Waals surface area contributed by atoms with Crippen LogP contribution < -0.4 is 5.73 Å². The van der Waals surface area contributed by atoms with Gasteiger partial charge in [-0.15, -0.1) is 0 Å². The standard InChI is InChI=1S/C17H27NO4/c1-4-15(2,3)13(19)21-16-6-11-5-12(7-16)9-17(8-11,10-16)22-14(18)20/h11-12H,4-10H2,1-3H3,(H2,18,20). The highest BCUT2D eigenvalue weighted by atomic mass is 16.6. The normalized spacial score (nSPS) is 39.6. The van der Waals surface area contributed by atoms with Crippen LogP contribution in [0.5, 0.6) is 0 Å². The SMILES string of the molecule is CCC(C)(C)C(=O)OC12CC3CC(CC(OC(N)=O)(C3)C1)C2. The molecule has 1 amide bonds. The minimum atomic E-state index is -0.711. The Hall–Kier alpha value is -1.26. The molecule has 4 saturated carbocycles. The fourth-order valence-corrected chi connectivity index (χ4v) is 5.03. The van der Waals surface area contributed by atoms with Gasteiger partial charge in [-0.2, -0.15) is 0 Å². The molecule has 5 heteroatoms. The molecule has 0 heterocycles. The van der Waals surface area contributed by atoms with Crippen LogP contribution in [0.25, 0.3) is 0 Å². The number of amides is 1. The number of hydrogen-bond acceptors (Lipinski definition) is 4. The molecule has 4 aliphatic rings. The van der Waals surface area contributed by atoms with Crippen LogP contribution in [0.3, 0.4) is 0 Å². The van der Waals surface area contributed by atoms with Crippen molar-refractivity contribution in [2.24, 2.45) is 23.0 Å². The third kappa shape index (κ3) is 2.59. The van der Waals surface area contributed by atoms with E-state index in [0.717, 1.165) is 38.5 Å². The molecule has 0 aliphatic heterocycles. The van der Waals surface area contributed by atoms with Crippen LogP contribution in [0, 0.1) is 17.3 Å². The van der Waals surface area contributed by atoms with Gasteiger partial charge < -0.3 is 15.2 Å². The van der Waals surface area contributed by atoms with Crippen molar-refractivity contribution in [2.45, 2.75) is 76.9 Å². The topological polar surface area (TPSA) is 78.6 Å². The highest BCUT2D eigenvalue weighted by molar-refractivity contribution is 5.76. The molecule has 4 aliphatic carbocycles. The minimum Gasteiger partial charge on any atom is -0.458 e. The maximum Gasteiger partial charge on any atom is 0.405 e. The number of esters is 1. The molecule has 0 saturated heterocycles. The van der Waals surface area contributed by atoms with Crippen molar-refractivity contribution >= 4 is 12.1 Å². The first-order chi connectivity index (χ1) is 10.2. The quantitative estimate of drug-likeness (QED) is 0.809. The van der Waals surface area contributed by atoms with Crippen LogP contribution in [0.4, 0.5) is 4.79 Å². The van der Waals surface area contributed by atoms with Crippen molar-refractivity contribution in [2.75, 3.05) is 0 Å². The molecular formula is C17H27NO4. The summed E-state index contributed by atoms with van der Waals surface area (Å²) in [4.78, 5) is 23.9. The molecule has 2 atom stereocenters. The maximum atomic E-state index is 12.6. The number of hydrogen-bond donors (Lipinski definition) is 1. The van der Waals surface area contributed by atoms with E-state index in [1.54, 1.807) is 0 Å². The van der Waals surface area contributed by atoms with Gasteiger partial charge in [-0.25, -0.2) is 4.79 Å². The van der Waals surface area contributed by atoms with Gasteiger partial charge in [-0.05, 0) is 64.2 Å². The van der Waals surface area contributed by atoms with Crippen LogP contribution in [-0.2, 0) is 14.3 Å². The zero-order chi connectivity index (χ0) is 16.2. The Morgan fingerprint density at radius 3 is 2.05 bits per heavy atom. The van der Waals surface area contributed by atoms with Gasteiger partial charge >= 0.3 is 12.1 Å². The predicted octanol–water partition coefficient (Wildman–Crippen LogP) is 3.15. The molecule has 2 unspecified atom stereocenters. The second kappa shape index (κ2) is 4.87. The Morgan fingerprint density at radius 2 is 1.59 bits per heavy atom. The van der Waals surface area contributed by atoms with Crippen molar-refractivity contribution in [3.05, 3.63) is 0 Å². The molecule has 0 aromatic rings. The number of rotatable bonds is 4. The molecule has 0 radical (unpaired) electrons. The largest absolute Gasteiger partial charge is 0.458 e. The second-order valence-corrected chi connectivity index (χ2v) is 8.38. The molecule has 4 fully saturated rings. The first kappa shape index (κ1) is 15.6. The lowest BCUT2D eigenvalue weighted by Crippen LogP contribution is -2.62. The molecule has 0 spiro atoms. The van der Waals surface area contributed by atoms with E-state index in [0.29, 0.717) is 18.3 Å².